The van der Waals surface area contributed by atoms with E-state index in [-0.39, 0.29) is 5.92 Å². The molecule has 0 fully saturated rings. The molecular formula is C6H16N2O. The van der Waals surface area contributed by atoms with Gasteiger partial charge in [-0.25, -0.2) is 0 Å². The van der Waals surface area contributed by atoms with Gasteiger partial charge in [-0.05, 0) is 25.3 Å². The molecular weight excluding hydrogens is 116 g/mol. The number of nitrogens with two attached hydrogens (primary N) is 2. The summed E-state index contributed by atoms with van der Waals surface area (Å²) in [5, 5.41) is 8.78. The van der Waals surface area contributed by atoms with Gasteiger partial charge in [-0.15, -0.1) is 0 Å². The van der Waals surface area contributed by atoms with Crippen molar-refractivity contribution < 1.29 is 5.11 Å². The minimum absolute atomic E-state index is 0.175. The zero-order valence-electron chi connectivity index (χ0n) is 5.88. The molecule has 0 amide bonds. The van der Waals surface area contributed by atoms with Crippen molar-refractivity contribution in [3.63, 3.8) is 0 Å². The number of rotatable bonds is 4. The van der Waals surface area contributed by atoms with E-state index in [1.807, 2.05) is 6.92 Å². The highest BCUT2D eigenvalue weighted by Gasteiger charge is 2.06. The Morgan fingerprint density at radius 1 is 1.56 bits per heavy atom. The highest BCUT2D eigenvalue weighted by atomic mass is 16.3. The van der Waals surface area contributed by atoms with Gasteiger partial charge in [0.2, 0.25) is 0 Å². The van der Waals surface area contributed by atoms with Crippen LogP contribution in [0.3, 0.4) is 0 Å². The molecule has 0 aliphatic heterocycles. The van der Waals surface area contributed by atoms with Crippen LogP contribution in [0.25, 0.3) is 0 Å². The lowest BCUT2D eigenvalue weighted by Gasteiger charge is -2.12. The number of hydrogen-bond acceptors (Lipinski definition) is 3. The molecule has 56 valence electrons. The summed E-state index contributed by atoms with van der Waals surface area (Å²) in [5.74, 6) is 0.175. The second-order valence-corrected chi connectivity index (χ2v) is 2.40. The van der Waals surface area contributed by atoms with Crippen molar-refractivity contribution in [1.82, 2.24) is 0 Å². The van der Waals surface area contributed by atoms with Crippen molar-refractivity contribution >= 4 is 0 Å². The van der Waals surface area contributed by atoms with E-state index in [0.29, 0.717) is 6.54 Å². The topological polar surface area (TPSA) is 72.3 Å². The van der Waals surface area contributed by atoms with Crippen LogP contribution in [0.2, 0.25) is 0 Å². The van der Waals surface area contributed by atoms with E-state index in [0.717, 1.165) is 12.8 Å². The molecule has 0 rings (SSSR count). The predicted octanol–water partition coefficient (Wildman–Crippen LogP) is -0.361. The van der Waals surface area contributed by atoms with Gasteiger partial charge in [0.25, 0.3) is 0 Å². The summed E-state index contributed by atoms with van der Waals surface area (Å²) in [6.45, 7) is 2.59. The van der Waals surface area contributed by atoms with Crippen LogP contribution in [0.4, 0.5) is 0 Å². The highest BCUT2D eigenvalue weighted by Crippen LogP contribution is 2.05. The minimum Gasteiger partial charge on any atom is -0.379 e. The van der Waals surface area contributed by atoms with E-state index in [2.05, 4.69) is 0 Å². The van der Waals surface area contributed by atoms with Gasteiger partial charge in [0, 0.05) is 0 Å². The molecule has 0 aromatic rings. The predicted molar refractivity (Wildman–Crippen MR) is 37.6 cm³/mol. The van der Waals surface area contributed by atoms with E-state index in [9.17, 15) is 0 Å². The maximum Gasteiger partial charge on any atom is 0.104 e. The van der Waals surface area contributed by atoms with Gasteiger partial charge in [0.1, 0.15) is 6.23 Å². The van der Waals surface area contributed by atoms with Crippen LogP contribution < -0.4 is 11.5 Å². The third-order valence-electron chi connectivity index (χ3n) is 1.45. The Balaban J connectivity index is 3.16. The van der Waals surface area contributed by atoms with E-state index >= 15 is 0 Å². The van der Waals surface area contributed by atoms with Gasteiger partial charge in [-0.3, -0.25) is 0 Å². The highest BCUT2D eigenvalue weighted by molar-refractivity contribution is 4.57. The first-order valence-corrected chi connectivity index (χ1v) is 3.32. The lowest BCUT2D eigenvalue weighted by Crippen LogP contribution is -2.27. The summed E-state index contributed by atoms with van der Waals surface area (Å²) in [6, 6.07) is 0. The summed E-state index contributed by atoms with van der Waals surface area (Å²) in [6.07, 6.45) is 1.17. The maximum atomic E-state index is 8.78. The first kappa shape index (κ1) is 8.88. The molecule has 3 nitrogen and oxygen atoms in total. The van der Waals surface area contributed by atoms with Gasteiger partial charge in [0.15, 0.2) is 0 Å². The molecule has 0 radical (unpaired) electrons. The lowest BCUT2D eigenvalue weighted by molar-refractivity contribution is 0.117. The Morgan fingerprint density at radius 2 is 2.11 bits per heavy atom. The average molecular weight is 132 g/mol. The Kier molecular flexibility index (Phi) is 4.67. The normalized spacial score (nSPS) is 17.3. The van der Waals surface area contributed by atoms with Crippen LogP contribution in [0.5, 0.6) is 0 Å². The molecule has 0 aromatic carbocycles. The zero-order chi connectivity index (χ0) is 7.28. The van der Waals surface area contributed by atoms with Gasteiger partial charge < -0.3 is 16.6 Å². The molecule has 0 aliphatic rings. The van der Waals surface area contributed by atoms with Crippen LogP contribution in [0, 0.1) is 5.92 Å². The summed E-state index contributed by atoms with van der Waals surface area (Å²) < 4.78 is 0. The smallest absolute Gasteiger partial charge is 0.104 e. The maximum absolute atomic E-state index is 8.78. The molecule has 2 atom stereocenters. The molecule has 0 saturated heterocycles. The summed E-state index contributed by atoms with van der Waals surface area (Å²) in [7, 11) is 0. The van der Waals surface area contributed by atoms with E-state index in [4.69, 9.17) is 16.6 Å². The van der Waals surface area contributed by atoms with Gasteiger partial charge in [-0.2, -0.15) is 0 Å². The van der Waals surface area contributed by atoms with Crippen LogP contribution in [-0.2, 0) is 0 Å². The van der Waals surface area contributed by atoms with Crippen LogP contribution in [0.15, 0.2) is 0 Å². The number of aliphatic hydroxyl groups excluding tert-OH is 1. The monoisotopic (exact) mass is 132 g/mol. The van der Waals surface area contributed by atoms with E-state index in [1.165, 1.54) is 0 Å². The van der Waals surface area contributed by atoms with E-state index in [1.54, 1.807) is 0 Å². The van der Waals surface area contributed by atoms with Crippen molar-refractivity contribution in [1.29, 1.82) is 0 Å². The Bertz CT molecular complexity index is 66.1. The largest absolute Gasteiger partial charge is 0.379 e. The van der Waals surface area contributed by atoms with Gasteiger partial charge >= 0.3 is 0 Å². The lowest BCUT2D eigenvalue weighted by atomic mass is 10.0. The number of aliphatic hydroxyl groups is 1. The molecule has 2 unspecified atom stereocenters. The average Bonchev–Trinajstić information content (AvgIpc) is 1.82. The van der Waals surface area contributed by atoms with E-state index < -0.39 is 6.23 Å². The molecule has 9 heavy (non-hydrogen) atoms. The molecule has 0 spiro atoms. The Hall–Kier alpha value is -0.120. The van der Waals surface area contributed by atoms with Gasteiger partial charge in [-0.1, -0.05) is 6.92 Å². The molecule has 5 N–H and O–H groups in total. The Labute approximate surface area is 56.0 Å². The summed E-state index contributed by atoms with van der Waals surface area (Å²) in [5.41, 5.74) is 10.4. The fourth-order valence-corrected chi connectivity index (χ4v) is 0.611. The zero-order valence-corrected chi connectivity index (χ0v) is 5.88. The van der Waals surface area contributed by atoms with Gasteiger partial charge in [0.05, 0.1) is 0 Å². The summed E-state index contributed by atoms with van der Waals surface area (Å²) in [4.78, 5) is 0. The van der Waals surface area contributed by atoms with Crippen molar-refractivity contribution in [2.75, 3.05) is 6.54 Å². The minimum atomic E-state index is -0.684. The number of hydrogen-bond donors (Lipinski definition) is 3. The van der Waals surface area contributed by atoms with Crippen LogP contribution in [0.1, 0.15) is 19.8 Å². The molecule has 3 heteroatoms. The standard InChI is InChI=1S/C6H16N2O/c1-5(6(8)9)3-2-4-7/h5-6,9H,2-4,7-8H2,1H3. The molecule has 0 saturated carbocycles. The Morgan fingerprint density at radius 3 is 2.44 bits per heavy atom. The third kappa shape index (κ3) is 4.39. The molecule has 0 heterocycles. The second-order valence-electron chi connectivity index (χ2n) is 2.40. The first-order chi connectivity index (χ1) is 4.18. The van der Waals surface area contributed by atoms with Crippen molar-refractivity contribution in [3.8, 4) is 0 Å². The quantitative estimate of drug-likeness (QED) is 0.457. The first-order valence-electron chi connectivity index (χ1n) is 3.32. The van der Waals surface area contributed by atoms with Crippen LogP contribution >= 0.6 is 0 Å². The molecule has 0 aliphatic carbocycles. The summed E-state index contributed by atoms with van der Waals surface area (Å²) >= 11 is 0. The fraction of sp³-hybridized carbons (Fsp3) is 1.00. The molecule has 0 bridgehead atoms. The van der Waals surface area contributed by atoms with Crippen LogP contribution in [-0.4, -0.2) is 17.9 Å². The third-order valence-corrected chi connectivity index (χ3v) is 1.45. The van der Waals surface area contributed by atoms with Crippen molar-refractivity contribution in [3.05, 3.63) is 0 Å². The second kappa shape index (κ2) is 4.73. The molecule has 0 aromatic heterocycles. The fourth-order valence-electron chi connectivity index (χ4n) is 0.611. The SMILES string of the molecule is CC(CCCN)C(N)O. The van der Waals surface area contributed by atoms with Crippen molar-refractivity contribution in [2.45, 2.75) is 26.0 Å². The van der Waals surface area contributed by atoms with Crippen molar-refractivity contribution in [2.24, 2.45) is 17.4 Å².